The summed E-state index contributed by atoms with van der Waals surface area (Å²) in [5, 5.41) is 22.9. The van der Waals surface area contributed by atoms with E-state index in [0.29, 0.717) is 17.1 Å². The lowest BCUT2D eigenvalue weighted by atomic mass is 10.0. The molecule has 0 aromatic carbocycles. The van der Waals surface area contributed by atoms with E-state index in [4.69, 9.17) is 9.57 Å². The Balaban J connectivity index is 1.35. The summed E-state index contributed by atoms with van der Waals surface area (Å²) in [6.45, 7) is 8.62. The van der Waals surface area contributed by atoms with Crippen LogP contribution >= 0.6 is 35.1 Å². The second-order valence-electron chi connectivity index (χ2n) is 13.0. The predicted molar refractivity (Wildman–Crippen MR) is 194 cm³/mol. The number of nitrogens with zero attached hydrogens (tertiary/aromatic N) is 6. The Morgan fingerprint density at radius 2 is 1.80 bits per heavy atom. The molecule has 2 aromatic heterocycles. The first-order valence-electron chi connectivity index (χ1n) is 16.1. The zero-order valence-electron chi connectivity index (χ0n) is 30.1. The molecular formula is C30H38N10O11S3. The van der Waals surface area contributed by atoms with Gasteiger partial charge in [-0.1, -0.05) is 30.8 Å². The molecule has 0 aliphatic carbocycles. The first kappa shape index (κ1) is 41.7. The van der Waals surface area contributed by atoms with Crippen molar-refractivity contribution in [1.82, 2.24) is 39.7 Å². The third-order valence-corrected chi connectivity index (χ3v) is 10.5. The fraction of sp³-hybridized carbons (Fsp3) is 0.533. The number of rotatable bonds is 15. The van der Waals surface area contributed by atoms with Crippen LogP contribution in [-0.4, -0.2) is 117 Å². The molecule has 2 aromatic rings. The lowest BCUT2D eigenvalue weighted by molar-refractivity contribution is -0.160. The van der Waals surface area contributed by atoms with E-state index in [0.717, 1.165) is 23.8 Å². The van der Waals surface area contributed by atoms with Crippen molar-refractivity contribution in [2.45, 2.75) is 75.7 Å². The maximum absolute atomic E-state index is 13.3. The highest BCUT2D eigenvalue weighted by Gasteiger charge is 2.54. The molecule has 54 heavy (non-hydrogen) atoms. The van der Waals surface area contributed by atoms with Crippen molar-refractivity contribution >= 4 is 81.5 Å². The van der Waals surface area contributed by atoms with Crippen LogP contribution in [0.15, 0.2) is 31.2 Å². The maximum Gasteiger partial charge on any atom is 0.352 e. The number of fused-ring (bicyclic) bond motifs is 1. The number of carbonyl (C=O) groups excluding carboxylic acids is 5. The van der Waals surface area contributed by atoms with Gasteiger partial charge in [0.1, 0.15) is 35.9 Å². The van der Waals surface area contributed by atoms with E-state index in [-0.39, 0.29) is 52.1 Å². The maximum atomic E-state index is 13.3. The lowest BCUT2D eigenvalue weighted by Crippen LogP contribution is -2.71. The van der Waals surface area contributed by atoms with E-state index in [1.54, 1.807) is 34.6 Å². The van der Waals surface area contributed by atoms with Gasteiger partial charge < -0.3 is 30.6 Å². The summed E-state index contributed by atoms with van der Waals surface area (Å²) in [4.78, 5) is 113. The van der Waals surface area contributed by atoms with Crippen molar-refractivity contribution in [3.05, 3.63) is 37.8 Å². The van der Waals surface area contributed by atoms with E-state index in [1.165, 1.54) is 23.5 Å². The van der Waals surface area contributed by atoms with Gasteiger partial charge in [0.05, 0.1) is 0 Å². The molecule has 1 saturated heterocycles. The molecule has 4 rings (SSSR count). The molecule has 4 amide bonds. The summed E-state index contributed by atoms with van der Waals surface area (Å²) < 4.78 is 10.6. The van der Waals surface area contributed by atoms with E-state index in [2.05, 4.69) is 40.5 Å². The number of aromatic nitrogens is 5. The molecule has 2 aliphatic rings. The van der Waals surface area contributed by atoms with Crippen molar-refractivity contribution in [2.75, 3.05) is 23.9 Å². The normalized spacial score (nSPS) is 17.7. The van der Waals surface area contributed by atoms with E-state index in [1.807, 2.05) is 0 Å². The number of oxime groups is 1. The average molecular weight is 811 g/mol. The first-order chi connectivity index (χ1) is 25.3. The van der Waals surface area contributed by atoms with Crippen molar-refractivity contribution in [3.63, 3.8) is 0 Å². The van der Waals surface area contributed by atoms with Gasteiger partial charge in [0, 0.05) is 42.9 Å². The number of carboxylic acid groups (broad SMARTS) is 1. The number of aliphatic carboxylic acids is 1. The number of nitrogens with one attached hydrogen (secondary N) is 4. The number of aromatic amines is 1. The average Bonchev–Trinajstić information content (AvgIpc) is 3.54. The highest BCUT2D eigenvalue weighted by atomic mass is 32.2. The molecular weight excluding hydrogens is 773 g/mol. The highest BCUT2D eigenvalue weighted by molar-refractivity contribution is 8.01. The van der Waals surface area contributed by atoms with Gasteiger partial charge in [-0.25, -0.2) is 9.59 Å². The summed E-state index contributed by atoms with van der Waals surface area (Å²) in [6.07, 6.45) is -0.518. The minimum absolute atomic E-state index is 0.0340. The zero-order chi connectivity index (χ0) is 40.1. The lowest BCUT2D eigenvalue weighted by Gasteiger charge is -2.49. The molecule has 2 aliphatic heterocycles. The van der Waals surface area contributed by atoms with Crippen LogP contribution in [0.2, 0.25) is 0 Å². The van der Waals surface area contributed by atoms with Crippen molar-refractivity contribution in [1.29, 1.82) is 0 Å². The molecule has 292 valence electrons. The number of hydrogen-bond acceptors (Lipinski definition) is 17. The number of ether oxygens (including phenoxy) is 1. The third-order valence-electron chi connectivity index (χ3n) is 7.36. The van der Waals surface area contributed by atoms with Crippen LogP contribution in [0.25, 0.3) is 0 Å². The number of H-pyrrole nitrogens is 1. The molecule has 5 N–H and O–H groups in total. The summed E-state index contributed by atoms with van der Waals surface area (Å²) >= 11 is 2.90. The number of hydrogen-bond donors (Lipinski definition) is 5. The largest absolute Gasteiger partial charge is 0.477 e. The van der Waals surface area contributed by atoms with Gasteiger partial charge in [-0.15, -0.1) is 11.8 Å². The standard InChI is InChI=1S/C30H38N10O11S3/c1-12(2)16(27(49)51-30(3,4)5)31-14(41)8-9-15(42)32-28-34-20(38-54-28)17(37-50-7)21(43)33-18-24(46)40-19(26(47)48)13(10-52-25(18)40)11-53-29-35-22(44)23(45)36-39(29)6/h12,16,18,25H,8-11H2,1-7H3,(H,31,41)(H,33,43)(H,36,45)(H,47,48)(H,32,34,38,42)/t16-,18+,25+/m0/s1. The van der Waals surface area contributed by atoms with Gasteiger partial charge in [0.2, 0.25) is 28.5 Å². The minimum Gasteiger partial charge on any atom is -0.477 e. The predicted octanol–water partition coefficient (Wildman–Crippen LogP) is -0.597. The van der Waals surface area contributed by atoms with Crippen LogP contribution in [-0.2, 0) is 45.4 Å². The smallest absolute Gasteiger partial charge is 0.352 e. The van der Waals surface area contributed by atoms with E-state index in [9.17, 15) is 43.5 Å². The molecule has 0 spiro atoms. The SMILES string of the molecule is CON=C(C(=O)N[C@@H]1C(=O)N2C(C(=O)O)=C(CSc3nc(=O)c(=O)[nH]n3C)CS[C@H]12)c1nsc(NC(=O)CCC(=O)N[C@H](C(=O)OC(C)(C)C)C(C)C)n1. The molecule has 4 heterocycles. The highest BCUT2D eigenvalue weighted by Crippen LogP contribution is 2.41. The third kappa shape index (κ3) is 10.1. The van der Waals surface area contributed by atoms with E-state index >= 15 is 0 Å². The fourth-order valence-corrected chi connectivity index (χ4v) is 7.90. The van der Waals surface area contributed by atoms with Crippen LogP contribution in [0.5, 0.6) is 0 Å². The van der Waals surface area contributed by atoms with Crippen LogP contribution in [0.4, 0.5) is 5.13 Å². The van der Waals surface area contributed by atoms with Crippen LogP contribution in [0.1, 0.15) is 53.3 Å². The second kappa shape index (κ2) is 17.4. The molecule has 21 nitrogen and oxygen atoms in total. The van der Waals surface area contributed by atoms with Crippen LogP contribution < -0.4 is 27.1 Å². The van der Waals surface area contributed by atoms with Crippen LogP contribution in [0.3, 0.4) is 0 Å². The minimum atomic E-state index is -1.37. The van der Waals surface area contributed by atoms with Gasteiger partial charge in [-0.3, -0.25) is 43.4 Å². The summed E-state index contributed by atoms with van der Waals surface area (Å²) in [7, 11) is 2.63. The molecule has 24 heteroatoms. The Labute approximate surface area is 319 Å². The number of β-lactam (4-membered cyclic amide) rings is 1. The summed E-state index contributed by atoms with van der Waals surface area (Å²) in [6, 6.07) is -2.06. The van der Waals surface area contributed by atoms with Gasteiger partial charge in [0.15, 0.2) is 5.16 Å². The molecule has 0 bridgehead atoms. The van der Waals surface area contributed by atoms with Crippen molar-refractivity contribution in [3.8, 4) is 0 Å². The molecule has 0 unspecified atom stereocenters. The number of carbonyl (C=O) groups is 6. The van der Waals surface area contributed by atoms with Gasteiger partial charge in [-0.2, -0.15) is 14.3 Å². The number of esters is 1. The van der Waals surface area contributed by atoms with Gasteiger partial charge in [0.25, 0.3) is 11.8 Å². The molecule has 1 fully saturated rings. The zero-order valence-corrected chi connectivity index (χ0v) is 32.5. The number of thioether (sulfide) groups is 2. The topological polar surface area (TPSA) is 286 Å². The molecule has 0 radical (unpaired) electrons. The van der Waals surface area contributed by atoms with Crippen molar-refractivity contribution in [2.24, 2.45) is 18.1 Å². The fourth-order valence-electron chi connectivity index (χ4n) is 4.91. The Bertz CT molecular complexity index is 2020. The quantitative estimate of drug-likeness (QED) is 0.0375. The summed E-state index contributed by atoms with van der Waals surface area (Å²) in [5.74, 6) is -5.06. The summed E-state index contributed by atoms with van der Waals surface area (Å²) in [5.41, 5.74) is -3.01. The second-order valence-corrected chi connectivity index (χ2v) is 15.8. The molecule has 3 atom stereocenters. The molecule has 0 saturated carbocycles. The number of carboxylic acids is 1. The Morgan fingerprint density at radius 1 is 1.11 bits per heavy atom. The van der Waals surface area contributed by atoms with Gasteiger partial charge in [-0.05, 0) is 32.3 Å². The Kier molecular flexibility index (Phi) is 13.4. The Hall–Kier alpha value is -5.10. The van der Waals surface area contributed by atoms with Crippen molar-refractivity contribution < 1.29 is 43.4 Å². The van der Waals surface area contributed by atoms with E-state index < -0.39 is 75.5 Å². The van der Waals surface area contributed by atoms with Crippen LogP contribution in [0, 0.1) is 5.92 Å². The number of amides is 4. The Morgan fingerprint density at radius 3 is 2.43 bits per heavy atom. The van der Waals surface area contributed by atoms with Gasteiger partial charge >= 0.3 is 23.1 Å². The first-order valence-corrected chi connectivity index (χ1v) is 18.9. The number of anilines is 1. The monoisotopic (exact) mass is 810 g/mol. The number of aryl methyl sites for hydroxylation is 1.